The first-order chi connectivity index (χ1) is 5.20. The summed E-state index contributed by atoms with van der Waals surface area (Å²) in [6.07, 6.45) is 1.83. The highest BCUT2D eigenvalue weighted by Crippen LogP contribution is 1.93. The van der Waals surface area contributed by atoms with Crippen molar-refractivity contribution in [3.63, 3.8) is 0 Å². The summed E-state index contributed by atoms with van der Waals surface area (Å²) in [5.41, 5.74) is 0. The lowest BCUT2D eigenvalue weighted by molar-refractivity contribution is 0.202. The van der Waals surface area contributed by atoms with E-state index in [0.29, 0.717) is 0 Å². The minimum atomic E-state index is -2.80. The lowest BCUT2D eigenvalue weighted by Crippen LogP contribution is -2.12. The Kier molecular flexibility index (Phi) is 2.40. The van der Waals surface area contributed by atoms with E-state index >= 15 is 0 Å². The van der Waals surface area contributed by atoms with E-state index in [1.54, 1.807) is 12.1 Å². The maximum atomic E-state index is 10.7. The van der Waals surface area contributed by atoms with Gasteiger partial charge in [0.05, 0.1) is 0 Å². The molecule has 1 unspecified atom stereocenters. The zero-order chi connectivity index (χ0) is 8.27. The summed E-state index contributed by atoms with van der Waals surface area (Å²) < 4.78 is 24.5. The Bertz CT molecular complexity index is 268. The molecule has 0 fully saturated rings. The highest BCUT2D eigenvalue weighted by Gasteiger charge is 2.02. The van der Waals surface area contributed by atoms with Crippen LogP contribution in [0.4, 0.5) is 4.79 Å². The van der Waals surface area contributed by atoms with E-state index in [9.17, 15) is 13.6 Å². The number of carbonyl (C=O) groups is 1. The topological polar surface area (TPSA) is 71.4 Å². The average molecular weight is 174 g/mol. The van der Waals surface area contributed by atoms with Gasteiger partial charge in [0.1, 0.15) is 11.4 Å². The van der Waals surface area contributed by atoms with Crippen molar-refractivity contribution in [2.24, 2.45) is 0 Å². The summed E-state index contributed by atoms with van der Waals surface area (Å²) in [5, 5.41) is 0. The normalized spacial score (nSPS) is 12.5. The van der Waals surface area contributed by atoms with Crippen molar-refractivity contribution >= 4 is 17.5 Å². The number of aromatic nitrogens is 1. The molecule has 1 heterocycles. The molecule has 0 aliphatic rings. The van der Waals surface area contributed by atoms with Crippen LogP contribution < -0.4 is 0 Å². The first-order valence-electron chi connectivity index (χ1n) is 2.65. The lowest BCUT2D eigenvalue weighted by Gasteiger charge is -2.04. The first kappa shape index (κ1) is 7.96. The van der Waals surface area contributed by atoms with Crippen LogP contribution in [-0.4, -0.2) is 19.4 Å². The molecule has 1 atom stereocenters. The minimum absolute atomic E-state index is 0.941. The van der Waals surface area contributed by atoms with Crippen molar-refractivity contribution in [2.75, 3.05) is 0 Å². The highest BCUT2D eigenvalue weighted by atomic mass is 32.2. The predicted octanol–water partition coefficient (Wildman–Crippen LogP) is 0.267. The Morgan fingerprint density at radius 2 is 2.00 bits per heavy atom. The third-order valence-electron chi connectivity index (χ3n) is 0.955. The van der Waals surface area contributed by atoms with E-state index in [4.69, 9.17) is 0 Å². The zero-order valence-electron chi connectivity index (χ0n) is 5.30. The second kappa shape index (κ2) is 3.31. The molecule has 0 saturated carbocycles. The number of hydrogen-bond acceptors (Lipinski definition) is 4. The molecular weight excluding hydrogens is 170 g/mol. The van der Waals surface area contributed by atoms with Crippen LogP contribution in [0.3, 0.4) is 0 Å². The van der Waals surface area contributed by atoms with Crippen LogP contribution in [0.1, 0.15) is 0 Å². The van der Waals surface area contributed by atoms with Gasteiger partial charge in [0.15, 0.2) is 0 Å². The molecule has 0 amide bonds. The third-order valence-corrected chi connectivity index (χ3v) is 1.23. The van der Waals surface area contributed by atoms with Gasteiger partial charge < -0.3 is 8.74 Å². The zero-order valence-corrected chi connectivity index (χ0v) is 6.11. The largest absolute Gasteiger partial charge is 0.740 e. The summed E-state index contributed by atoms with van der Waals surface area (Å²) in [7, 11) is 0. The second-order valence-corrected chi connectivity index (χ2v) is 2.22. The van der Waals surface area contributed by atoms with Crippen molar-refractivity contribution in [1.29, 1.82) is 0 Å². The van der Waals surface area contributed by atoms with Gasteiger partial charge in [0, 0.05) is 12.4 Å². The van der Waals surface area contributed by atoms with E-state index < -0.39 is 17.5 Å². The number of nitrogens with zero attached hydrogens (tertiary/aromatic N) is 1. The average Bonchev–Trinajstić information content (AvgIpc) is 2.35. The van der Waals surface area contributed by atoms with Gasteiger partial charge in [0.25, 0.3) is 0 Å². The van der Waals surface area contributed by atoms with Gasteiger partial charge in [-0.3, -0.25) is 4.57 Å². The van der Waals surface area contributed by atoms with Crippen molar-refractivity contribution in [3.05, 3.63) is 24.5 Å². The fourth-order valence-corrected chi connectivity index (χ4v) is 0.760. The van der Waals surface area contributed by atoms with Crippen LogP contribution in [0.5, 0.6) is 0 Å². The summed E-state index contributed by atoms with van der Waals surface area (Å²) in [4.78, 5) is 10.7. The Morgan fingerprint density at radius 3 is 2.45 bits per heavy atom. The van der Waals surface area contributed by atoms with Crippen molar-refractivity contribution in [1.82, 2.24) is 4.57 Å². The molecule has 0 radical (unpaired) electrons. The molecule has 0 saturated heterocycles. The van der Waals surface area contributed by atoms with Gasteiger partial charge >= 0.3 is 6.09 Å². The Labute approximate surface area is 65.1 Å². The molecule has 0 aliphatic heterocycles. The smallest absolute Gasteiger partial charge is 0.431 e. The predicted molar refractivity (Wildman–Crippen MR) is 35.2 cm³/mol. The van der Waals surface area contributed by atoms with Gasteiger partial charge in [-0.2, -0.15) is 0 Å². The Balaban J connectivity index is 2.64. The second-order valence-electron chi connectivity index (χ2n) is 1.64. The Hall–Kier alpha value is -1.14. The van der Waals surface area contributed by atoms with Crippen LogP contribution in [-0.2, 0) is 15.5 Å². The van der Waals surface area contributed by atoms with Crippen molar-refractivity contribution in [3.8, 4) is 0 Å². The van der Waals surface area contributed by atoms with E-state index in [1.807, 2.05) is 0 Å². The fraction of sp³-hybridized carbons (Fsp3) is 0. The molecule has 0 bridgehead atoms. The molecule has 1 rings (SSSR count). The van der Waals surface area contributed by atoms with E-state index in [-0.39, 0.29) is 0 Å². The van der Waals surface area contributed by atoms with Crippen LogP contribution in [0, 0.1) is 0 Å². The van der Waals surface area contributed by atoms with Gasteiger partial charge in [-0.15, -0.1) is 0 Å². The van der Waals surface area contributed by atoms with E-state index in [2.05, 4.69) is 4.18 Å². The maximum absolute atomic E-state index is 10.7. The SMILES string of the molecule is O=C(OS(=O)[O-])n1cccc1. The lowest BCUT2D eigenvalue weighted by atomic mass is 10.7. The summed E-state index contributed by atoms with van der Waals surface area (Å²) >= 11 is -2.80. The molecule has 5 nitrogen and oxygen atoms in total. The molecule has 60 valence electrons. The molecule has 6 heteroatoms. The van der Waals surface area contributed by atoms with Crippen LogP contribution >= 0.6 is 0 Å². The number of hydrogen-bond donors (Lipinski definition) is 0. The molecular formula is C5H4NO4S-. The molecule has 0 aromatic carbocycles. The van der Waals surface area contributed by atoms with Gasteiger partial charge in [-0.25, -0.2) is 9.00 Å². The monoisotopic (exact) mass is 174 g/mol. The molecule has 0 spiro atoms. The number of carbonyl (C=O) groups excluding carboxylic acids is 1. The van der Waals surface area contributed by atoms with Crippen LogP contribution in [0.2, 0.25) is 0 Å². The maximum Gasteiger partial charge on any atom is 0.431 e. The molecule has 0 N–H and O–H groups in total. The fourth-order valence-electron chi connectivity index (χ4n) is 0.557. The number of rotatable bonds is 1. The van der Waals surface area contributed by atoms with Gasteiger partial charge in [-0.1, -0.05) is 0 Å². The van der Waals surface area contributed by atoms with Crippen molar-refractivity contribution < 1.29 is 17.7 Å². The highest BCUT2D eigenvalue weighted by molar-refractivity contribution is 7.74. The molecule has 1 aromatic rings. The third kappa shape index (κ3) is 2.17. The standard InChI is InChI=1S/C5H5NO4S/c7-5(10-11(8)9)6-3-1-2-4-6/h1-4H,(H,8,9)/p-1. The van der Waals surface area contributed by atoms with E-state index in [1.165, 1.54) is 12.4 Å². The van der Waals surface area contributed by atoms with Crippen molar-refractivity contribution in [2.45, 2.75) is 0 Å². The first-order valence-corrected chi connectivity index (χ1v) is 3.65. The van der Waals surface area contributed by atoms with Gasteiger partial charge in [-0.05, 0) is 12.1 Å². The summed E-state index contributed by atoms with van der Waals surface area (Å²) in [5.74, 6) is 0. The molecule has 0 aliphatic carbocycles. The molecule has 1 aromatic heterocycles. The van der Waals surface area contributed by atoms with Crippen LogP contribution in [0.25, 0.3) is 0 Å². The van der Waals surface area contributed by atoms with Gasteiger partial charge in [0.2, 0.25) is 0 Å². The molecule has 11 heavy (non-hydrogen) atoms. The summed E-state index contributed by atoms with van der Waals surface area (Å²) in [6.45, 7) is 0. The van der Waals surface area contributed by atoms with E-state index in [0.717, 1.165) is 4.57 Å². The van der Waals surface area contributed by atoms with Crippen LogP contribution in [0.15, 0.2) is 24.5 Å². The summed E-state index contributed by atoms with van der Waals surface area (Å²) in [6, 6.07) is 3.16. The quantitative estimate of drug-likeness (QED) is 0.573. The Morgan fingerprint density at radius 1 is 1.45 bits per heavy atom. The minimum Gasteiger partial charge on any atom is -0.740 e.